The maximum atomic E-state index is 7.57. The van der Waals surface area contributed by atoms with Crippen LogP contribution in [-0.2, 0) is 17.7 Å². The van der Waals surface area contributed by atoms with Crippen LogP contribution in [0.1, 0.15) is 60.7 Å². The maximum Gasteiger partial charge on any atom is 0.158 e. The third-order valence-corrected chi connectivity index (χ3v) is 5.29. The number of rotatable bonds is 4. The highest BCUT2D eigenvalue weighted by atomic mass is 16.5. The van der Waals surface area contributed by atoms with Gasteiger partial charge >= 0.3 is 0 Å². The minimum Gasteiger partial charge on any atom is -0.381 e. The van der Waals surface area contributed by atoms with Crippen molar-refractivity contribution in [2.45, 2.75) is 52.1 Å². The molecule has 2 aromatic rings. The Morgan fingerprint density at radius 3 is 3.04 bits per heavy atom. The third-order valence-electron chi connectivity index (χ3n) is 5.29. The zero-order chi connectivity index (χ0) is 19.0. The van der Waals surface area contributed by atoms with Crippen LogP contribution in [0.5, 0.6) is 0 Å². The summed E-state index contributed by atoms with van der Waals surface area (Å²) in [6, 6.07) is 0.349. The van der Waals surface area contributed by atoms with E-state index in [1.165, 1.54) is 5.56 Å². The minimum absolute atomic E-state index is 0.307. The SMILES string of the molecule is Cc1nc(C(=NC=N)N2CCc3nn(C(C)C)cc3C2)c([C@H]2CCOC2)[nH]1. The number of amidine groups is 1. The summed E-state index contributed by atoms with van der Waals surface area (Å²) in [4.78, 5) is 14.8. The first-order valence-corrected chi connectivity index (χ1v) is 9.60. The highest BCUT2D eigenvalue weighted by molar-refractivity contribution is 6.01. The highest BCUT2D eigenvalue weighted by Crippen LogP contribution is 2.29. The highest BCUT2D eigenvalue weighted by Gasteiger charge is 2.30. The quantitative estimate of drug-likeness (QED) is 0.639. The lowest BCUT2D eigenvalue weighted by Crippen LogP contribution is -2.37. The molecule has 2 N–H and O–H groups in total. The zero-order valence-electron chi connectivity index (χ0n) is 16.2. The summed E-state index contributed by atoms with van der Waals surface area (Å²) >= 11 is 0. The van der Waals surface area contributed by atoms with Gasteiger partial charge in [0.15, 0.2) is 5.84 Å². The van der Waals surface area contributed by atoms with E-state index < -0.39 is 0 Å². The molecule has 0 radical (unpaired) electrons. The van der Waals surface area contributed by atoms with Gasteiger partial charge in [-0.25, -0.2) is 9.98 Å². The monoisotopic (exact) mass is 369 g/mol. The molecule has 1 fully saturated rings. The number of imidazole rings is 1. The second-order valence-electron chi connectivity index (χ2n) is 7.57. The van der Waals surface area contributed by atoms with Crippen molar-refractivity contribution in [2.24, 2.45) is 4.99 Å². The van der Waals surface area contributed by atoms with Crippen molar-refractivity contribution in [2.75, 3.05) is 19.8 Å². The fraction of sp³-hybridized carbons (Fsp3) is 0.579. The number of aliphatic imine (C=N–C) groups is 1. The van der Waals surface area contributed by atoms with Crippen molar-refractivity contribution < 1.29 is 4.74 Å². The fourth-order valence-electron chi connectivity index (χ4n) is 3.87. The number of aromatic nitrogens is 4. The van der Waals surface area contributed by atoms with E-state index in [-0.39, 0.29) is 0 Å². The summed E-state index contributed by atoms with van der Waals surface area (Å²) in [6.07, 6.45) is 5.10. The summed E-state index contributed by atoms with van der Waals surface area (Å²) in [6.45, 7) is 9.29. The number of hydrogen-bond acceptors (Lipinski definition) is 4. The number of aryl methyl sites for hydroxylation is 1. The number of fused-ring (bicyclic) bond motifs is 1. The Kier molecular flexibility index (Phi) is 4.82. The predicted octanol–water partition coefficient (Wildman–Crippen LogP) is 2.41. The fourth-order valence-corrected chi connectivity index (χ4v) is 3.87. The van der Waals surface area contributed by atoms with Gasteiger partial charge in [-0.15, -0.1) is 0 Å². The van der Waals surface area contributed by atoms with Gasteiger partial charge in [0.05, 0.1) is 18.0 Å². The predicted molar refractivity (Wildman–Crippen MR) is 104 cm³/mol. The summed E-state index contributed by atoms with van der Waals surface area (Å²) in [7, 11) is 0. The molecule has 1 atom stereocenters. The van der Waals surface area contributed by atoms with E-state index in [2.05, 4.69) is 34.9 Å². The van der Waals surface area contributed by atoms with Gasteiger partial charge in [0.1, 0.15) is 17.9 Å². The number of ether oxygens (including phenoxy) is 1. The lowest BCUT2D eigenvalue weighted by Gasteiger charge is -2.29. The van der Waals surface area contributed by atoms with Gasteiger partial charge in [0.25, 0.3) is 0 Å². The Bertz CT molecular complexity index is 858. The second-order valence-corrected chi connectivity index (χ2v) is 7.57. The first kappa shape index (κ1) is 17.9. The summed E-state index contributed by atoms with van der Waals surface area (Å²) < 4.78 is 7.60. The van der Waals surface area contributed by atoms with E-state index in [4.69, 9.17) is 20.2 Å². The van der Waals surface area contributed by atoms with E-state index >= 15 is 0 Å². The molecule has 1 saturated heterocycles. The Morgan fingerprint density at radius 2 is 2.33 bits per heavy atom. The first-order valence-electron chi connectivity index (χ1n) is 9.60. The Hall–Kier alpha value is -2.48. The molecule has 27 heavy (non-hydrogen) atoms. The molecule has 144 valence electrons. The maximum absolute atomic E-state index is 7.57. The van der Waals surface area contributed by atoms with E-state index in [0.717, 1.165) is 67.6 Å². The molecule has 0 unspecified atom stereocenters. The van der Waals surface area contributed by atoms with E-state index in [0.29, 0.717) is 18.6 Å². The average molecular weight is 369 g/mol. The molecule has 0 saturated carbocycles. The van der Waals surface area contributed by atoms with Crippen LogP contribution in [0, 0.1) is 12.3 Å². The van der Waals surface area contributed by atoms with Crippen LogP contribution < -0.4 is 0 Å². The number of hydrogen-bond donors (Lipinski definition) is 2. The number of aromatic amines is 1. The Balaban J connectivity index is 1.66. The smallest absolute Gasteiger partial charge is 0.158 e. The summed E-state index contributed by atoms with van der Waals surface area (Å²) in [5.74, 6) is 1.94. The van der Waals surface area contributed by atoms with Crippen LogP contribution in [0.3, 0.4) is 0 Å². The molecular weight excluding hydrogens is 342 g/mol. The number of nitrogens with zero attached hydrogens (tertiary/aromatic N) is 5. The van der Waals surface area contributed by atoms with Crippen molar-refractivity contribution in [3.05, 3.63) is 34.7 Å². The second kappa shape index (κ2) is 7.26. The minimum atomic E-state index is 0.307. The van der Waals surface area contributed by atoms with Crippen LogP contribution in [0.2, 0.25) is 0 Å². The number of H-pyrrole nitrogens is 1. The molecule has 0 amide bonds. The standard InChI is InChI=1S/C19H27N7O/c1-12(2)26-9-15-8-25(6-4-16(15)24-26)19(21-11-20)18-17(22-13(3)23-18)14-5-7-27-10-14/h9,11-12,14,20H,4-8,10H2,1-3H3,(H,22,23)/t14-/m0/s1. The Labute approximate surface area is 159 Å². The molecule has 8 nitrogen and oxygen atoms in total. The van der Waals surface area contributed by atoms with Gasteiger partial charge in [-0.2, -0.15) is 5.10 Å². The van der Waals surface area contributed by atoms with Gasteiger partial charge in [0, 0.05) is 49.8 Å². The summed E-state index contributed by atoms with van der Waals surface area (Å²) in [5.41, 5.74) is 4.32. The van der Waals surface area contributed by atoms with Gasteiger partial charge in [-0.1, -0.05) is 0 Å². The van der Waals surface area contributed by atoms with Crippen molar-refractivity contribution in [3.63, 3.8) is 0 Å². The molecule has 0 aliphatic carbocycles. The topological polar surface area (TPSA) is 95.2 Å². The van der Waals surface area contributed by atoms with Gasteiger partial charge in [-0.3, -0.25) is 10.1 Å². The number of nitrogens with one attached hydrogen (secondary N) is 2. The Morgan fingerprint density at radius 1 is 1.48 bits per heavy atom. The van der Waals surface area contributed by atoms with Gasteiger partial charge in [0.2, 0.25) is 0 Å². The molecule has 2 aromatic heterocycles. The van der Waals surface area contributed by atoms with E-state index in [9.17, 15) is 0 Å². The van der Waals surface area contributed by atoms with Crippen LogP contribution in [0.25, 0.3) is 0 Å². The molecule has 0 spiro atoms. The third kappa shape index (κ3) is 3.41. The van der Waals surface area contributed by atoms with Crippen LogP contribution in [-0.4, -0.2) is 56.6 Å². The lowest BCUT2D eigenvalue weighted by molar-refractivity contribution is 0.193. The normalized spacial score (nSPS) is 20.4. The van der Waals surface area contributed by atoms with Gasteiger partial charge < -0.3 is 14.6 Å². The molecule has 2 aliphatic rings. The van der Waals surface area contributed by atoms with Crippen LogP contribution in [0.15, 0.2) is 11.2 Å². The van der Waals surface area contributed by atoms with Crippen molar-refractivity contribution in [3.8, 4) is 0 Å². The average Bonchev–Trinajstić information content (AvgIpc) is 3.37. The largest absolute Gasteiger partial charge is 0.381 e. The lowest BCUT2D eigenvalue weighted by atomic mass is 10.0. The van der Waals surface area contributed by atoms with Crippen LogP contribution in [0.4, 0.5) is 0 Å². The first-order chi connectivity index (χ1) is 13.1. The van der Waals surface area contributed by atoms with Crippen molar-refractivity contribution >= 4 is 12.2 Å². The van der Waals surface area contributed by atoms with Crippen molar-refractivity contribution in [1.82, 2.24) is 24.6 Å². The van der Waals surface area contributed by atoms with Crippen molar-refractivity contribution in [1.29, 1.82) is 5.41 Å². The molecule has 4 rings (SSSR count). The molecular formula is C19H27N7O. The molecule has 8 heteroatoms. The van der Waals surface area contributed by atoms with E-state index in [1.54, 1.807) is 0 Å². The molecule has 2 aliphatic heterocycles. The molecule has 0 aromatic carbocycles. The molecule has 0 bridgehead atoms. The zero-order valence-corrected chi connectivity index (χ0v) is 16.2. The van der Waals surface area contributed by atoms with E-state index in [1.807, 2.05) is 11.6 Å². The van der Waals surface area contributed by atoms with Crippen LogP contribution >= 0.6 is 0 Å². The summed E-state index contributed by atoms with van der Waals surface area (Å²) in [5, 5.41) is 12.3. The molecule has 4 heterocycles. The van der Waals surface area contributed by atoms with Gasteiger partial charge in [-0.05, 0) is 27.2 Å².